The molecular weight excluding hydrogens is 216 g/mol. The third kappa shape index (κ3) is 3.46. The molecule has 0 aromatic heterocycles. The summed E-state index contributed by atoms with van der Waals surface area (Å²) in [5, 5.41) is 2.58. The lowest BCUT2D eigenvalue weighted by atomic mass is 10.3. The van der Waals surface area contributed by atoms with Gasteiger partial charge in [-0.2, -0.15) is 0 Å². The number of piperazine rings is 1. The van der Waals surface area contributed by atoms with Crippen LogP contribution < -0.4 is 5.32 Å². The molecule has 0 aromatic carbocycles. The number of carbonyl (C=O) groups excluding carboxylic acids is 1. The summed E-state index contributed by atoms with van der Waals surface area (Å²) in [4.78, 5) is 13.0. The second-order valence-electron chi connectivity index (χ2n) is 3.97. The fourth-order valence-electron chi connectivity index (χ4n) is 1.36. The van der Waals surface area contributed by atoms with E-state index in [0.717, 1.165) is 6.54 Å². The fraction of sp³-hybridized carbons (Fsp3) is 0.889. The van der Waals surface area contributed by atoms with E-state index in [-0.39, 0.29) is 16.9 Å². The van der Waals surface area contributed by atoms with Crippen molar-refractivity contribution in [1.82, 2.24) is 10.2 Å². The van der Waals surface area contributed by atoms with Gasteiger partial charge in [0, 0.05) is 19.6 Å². The number of amides is 1. The van der Waals surface area contributed by atoms with E-state index in [1.165, 1.54) is 0 Å². The van der Waals surface area contributed by atoms with Crippen molar-refractivity contribution < 1.29 is 13.2 Å². The van der Waals surface area contributed by atoms with Gasteiger partial charge in [-0.05, 0) is 13.8 Å². The molecule has 0 aliphatic carbocycles. The van der Waals surface area contributed by atoms with Crippen molar-refractivity contribution in [2.75, 3.05) is 31.9 Å². The van der Waals surface area contributed by atoms with Gasteiger partial charge in [0.2, 0.25) is 5.91 Å². The minimum absolute atomic E-state index is 0.0137. The van der Waals surface area contributed by atoms with Crippen molar-refractivity contribution in [3.63, 3.8) is 0 Å². The standard InChI is InChI=1S/C9H18N2O3S/c1-8(2)15(13,14)6-5-11-4-3-10-7-9(11)12/h8,10H,3-7H2,1-2H3. The molecule has 88 valence electrons. The lowest BCUT2D eigenvalue weighted by Crippen LogP contribution is -2.49. The van der Waals surface area contributed by atoms with Crippen molar-refractivity contribution in [2.45, 2.75) is 19.1 Å². The van der Waals surface area contributed by atoms with Crippen LogP contribution in [0.1, 0.15) is 13.8 Å². The summed E-state index contributed by atoms with van der Waals surface area (Å²) in [6.45, 7) is 5.31. The number of nitrogens with zero attached hydrogens (tertiary/aromatic N) is 1. The maximum Gasteiger partial charge on any atom is 0.236 e. The SMILES string of the molecule is CC(C)S(=O)(=O)CCN1CCNCC1=O. The molecule has 0 bridgehead atoms. The summed E-state index contributed by atoms with van der Waals surface area (Å²) in [5.74, 6) is 0.0522. The first-order chi connectivity index (χ1) is 6.93. The van der Waals surface area contributed by atoms with E-state index in [0.29, 0.717) is 19.6 Å². The molecule has 0 aromatic rings. The number of hydrogen-bond acceptors (Lipinski definition) is 4. The highest BCUT2D eigenvalue weighted by atomic mass is 32.2. The molecule has 1 aliphatic heterocycles. The van der Waals surface area contributed by atoms with Gasteiger partial charge in [-0.1, -0.05) is 0 Å². The van der Waals surface area contributed by atoms with Crippen LogP contribution >= 0.6 is 0 Å². The minimum Gasteiger partial charge on any atom is -0.339 e. The topological polar surface area (TPSA) is 66.5 Å². The largest absolute Gasteiger partial charge is 0.339 e. The van der Waals surface area contributed by atoms with Crippen LogP contribution in [0.3, 0.4) is 0 Å². The van der Waals surface area contributed by atoms with Crippen LogP contribution in [0, 0.1) is 0 Å². The number of rotatable bonds is 4. The summed E-state index contributed by atoms with van der Waals surface area (Å²) >= 11 is 0. The Bertz CT molecular complexity index is 324. The first kappa shape index (κ1) is 12.4. The van der Waals surface area contributed by atoms with Gasteiger partial charge in [0.15, 0.2) is 9.84 Å². The quantitative estimate of drug-likeness (QED) is 0.694. The second kappa shape index (κ2) is 4.94. The summed E-state index contributed by atoms with van der Waals surface area (Å²) in [5.41, 5.74) is 0. The molecule has 0 unspecified atom stereocenters. The van der Waals surface area contributed by atoms with Crippen LogP contribution in [0.15, 0.2) is 0 Å². The van der Waals surface area contributed by atoms with Crippen LogP contribution in [0.5, 0.6) is 0 Å². The van der Waals surface area contributed by atoms with Gasteiger partial charge >= 0.3 is 0 Å². The average Bonchev–Trinajstić information content (AvgIpc) is 2.16. The Morgan fingerprint density at radius 1 is 1.47 bits per heavy atom. The molecule has 6 heteroatoms. The Hall–Kier alpha value is -0.620. The zero-order valence-corrected chi connectivity index (χ0v) is 10.0. The van der Waals surface area contributed by atoms with Gasteiger partial charge in [-0.25, -0.2) is 8.42 Å². The van der Waals surface area contributed by atoms with Crippen molar-refractivity contribution >= 4 is 15.7 Å². The Morgan fingerprint density at radius 2 is 2.13 bits per heavy atom. The third-order valence-corrected chi connectivity index (χ3v) is 4.74. The predicted octanol–water partition coefficient (Wildman–Crippen LogP) is -0.759. The third-order valence-electron chi connectivity index (χ3n) is 2.55. The maximum atomic E-state index is 11.5. The summed E-state index contributed by atoms with van der Waals surface area (Å²) in [6, 6.07) is 0. The molecule has 15 heavy (non-hydrogen) atoms. The number of carbonyl (C=O) groups is 1. The van der Waals surface area contributed by atoms with Crippen molar-refractivity contribution in [3.8, 4) is 0 Å². The summed E-state index contributed by atoms with van der Waals surface area (Å²) in [7, 11) is -3.04. The predicted molar refractivity (Wildman–Crippen MR) is 58.4 cm³/mol. The Kier molecular flexibility index (Phi) is 4.10. The molecule has 1 amide bonds. The molecule has 0 spiro atoms. The molecule has 1 fully saturated rings. The number of hydrogen-bond donors (Lipinski definition) is 1. The number of nitrogens with one attached hydrogen (secondary N) is 1. The lowest BCUT2D eigenvalue weighted by Gasteiger charge is -2.27. The fourth-order valence-corrected chi connectivity index (χ4v) is 2.30. The van der Waals surface area contributed by atoms with E-state index < -0.39 is 9.84 Å². The summed E-state index contributed by atoms with van der Waals surface area (Å²) < 4.78 is 23.1. The van der Waals surface area contributed by atoms with E-state index in [2.05, 4.69) is 5.32 Å². The zero-order chi connectivity index (χ0) is 11.5. The van der Waals surface area contributed by atoms with E-state index in [4.69, 9.17) is 0 Å². The van der Waals surface area contributed by atoms with Gasteiger partial charge < -0.3 is 10.2 Å². The highest BCUT2D eigenvalue weighted by Crippen LogP contribution is 2.02. The Labute approximate surface area is 90.7 Å². The maximum absolute atomic E-state index is 11.5. The Morgan fingerprint density at radius 3 is 2.67 bits per heavy atom. The highest BCUT2D eigenvalue weighted by Gasteiger charge is 2.21. The van der Waals surface area contributed by atoms with Crippen molar-refractivity contribution in [1.29, 1.82) is 0 Å². The normalized spacial score (nSPS) is 18.6. The van der Waals surface area contributed by atoms with Crippen LogP contribution in [-0.4, -0.2) is 56.4 Å². The molecule has 0 radical (unpaired) electrons. The molecular formula is C9H18N2O3S. The average molecular weight is 234 g/mol. The van der Waals surface area contributed by atoms with Crippen LogP contribution in [-0.2, 0) is 14.6 Å². The van der Waals surface area contributed by atoms with E-state index in [9.17, 15) is 13.2 Å². The van der Waals surface area contributed by atoms with Gasteiger partial charge in [-0.3, -0.25) is 4.79 Å². The van der Waals surface area contributed by atoms with E-state index >= 15 is 0 Å². The van der Waals surface area contributed by atoms with Gasteiger partial charge in [0.05, 0.1) is 17.5 Å². The minimum atomic E-state index is -3.04. The van der Waals surface area contributed by atoms with Crippen molar-refractivity contribution in [3.05, 3.63) is 0 Å². The smallest absolute Gasteiger partial charge is 0.236 e. The molecule has 1 saturated heterocycles. The molecule has 1 rings (SSSR count). The lowest BCUT2D eigenvalue weighted by molar-refractivity contribution is -0.131. The number of sulfone groups is 1. The first-order valence-corrected chi connectivity index (χ1v) is 6.85. The van der Waals surface area contributed by atoms with E-state index in [1.807, 2.05) is 0 Å². The van der Waals surface area contributed by atoms with E-state index in [1.54, 1.807) is 18.7 Å². The monoisotopic (exact) mass is 234 g/mol. The molecule has 0 atom stereocenters. The van der Waals surface area contributed by atoms with Crippen LogP contribution in [0.4, 0.5) is 0 Å². The Balaban J connectivity index is 2.46. The zero-order valence-electron chi connectivity index (χ0n) is 9.19. The molecule has 1 heterocycles. The highest BCUT2D eigenvalue weighted by molar-refractivity contribution is 7.92. The van der Waals surface area contributed by atoms with Gasteiger partial charge in [0.1, 0.15) is 0 Å². The van der Waals surface area contributed by atoms with Crippen LogP contribution in [0.2, 0.25) is 0 Å². The van der Waals surface area contributed by atoms with Gasteiger partial charge in [-0.15, -0.1) is 0 Å². The van der Waals surface area contributed by atoms with Crippen molar-refractivity contribution in [2.24, 2.45) is 0 Å². The molecule has 0 saturated carbocycles. The van der Waals surface area contributed by atoms with Crippen LogP contribution in [0.25, 0.3) is 0 Å². The van der Waals surface area contributed by atoms with Gasteiger partial charge in [0.25, 0.3) is 0 Å². The molecule has 5 nitrogen and oxygen atoms in total. The first-order valence-electron chi connectivity index (χ1n) is 5.13. The molecule has 1 N–H and O–H groups in total. The second-order valence-corrected chi connectivity index (χ2v) is 6.65. The summed E-state index contributed by atoms with van der Waals surface area (Å²) in [6.07, 6.45) is 0. The molecule has 1 aliphatic rings.